The summed E-state index contributed by atoms with van der Waals surface area (Å²) in [5.74, 6) is 1.59. The van der Waals surface area contributed by atoms with E-state index in [0.717, 1.165) is 23.3 Å². The van der Waals surface area contributed by atoms with E-state index in [-0.39, 0.29) is 4.83 Å². The Hall–Kier alpha value is -1.19. The van der Waals surface area contributed by atoms with Crippen molar-refractivity contribution in [2.45, 2.75) is 11.2 Å². The Morgan fingerprint density at radius 3 is 2.40 bits per heavy atom. The summed E-state index contributed by atoms with van der Waals surface area (Å²) in [6.07, 6.45) is 0.826. The third-order valence-electron chi connectivity index (χ3n) is 3.13. The second-order valence-corrected chi connectivity index (χ2v) is 5.89. The lowest BCUT2D eigenvalue weighted by atomic mass is 10.0. The lowest BCUT2D eigenvalue weighted by molar-refractivity contribution is 0.409. The fraction of sp³-hybridized carbons (Fsp3) is 0.250. The summed E-state index contributed by atoms with van der Waals surface area (Å²) in [4.78, 5) is 0.169. The van der Waals surface area contributed by atoms with Crippen LogP contribution in [0.2, 0.25) is 5.02 Å². The quantitative estimate of drug-likeness (QED) is 0.700. The summed E-state index contributed by atoms with van der Waals surface area (Å²) in [7, 11) is 3.30. The zero-order valence-electron chi connectivity index (χ0n) is 11.4. The second-order valence-electron chi connectivity index (χ2n) is 4.38. The molecule has 0 amide bonds. The van der Waals surface area contributed by atoms with Crippen molar-refractivity contribution < 1.29 is 9.47 Å². The van der Waals surface area contributed by atoms with Gasteiger partial charge in [-0.15, -0.1) is 0 Å². The van der Waals surface area contributed by atoms with E-state index in [0.29, 0.717) is 10.8 Å². The molecule has 0 aromatic heterocycles. The number of ether oxygens (including phenoxy) is 2. The third kappa shape index (κ3) is 3.47. The Labute approximate surface area is 132 Å². The lowest BCUT2D eigenvalue weighted by Gasteiger charge is -2.14. The molecule has 0 aliphatic rings. The van der Waals surface area contributed by atoms with Crippen molar-refractivity contribution in [3.8, 4) is 11.5 Å². The molecule has 106 valence electrons. The molecule has 0 heterocycles. The summed E-state index contributed by atoms with van der Waals surface area (Å²) in [5.41, 5.74) is 2.27. The number of halogens is 2. The number of benzene rings is 2. The van der Waals surface area contributed by atoms with Crippen LogP contribution in [-0.2, 0) is 6.42 Å². The minimum absolute atomic E-state index is 0.169. The van der Waals surface area contributed by atoms with Crippen LogP contribution in [0.25, 0.3) is 0 Å². The Bertz CT molecular complexity index is 586. The molecule has 0 saturated heterocycles. The van der Waals surface area contributed by atoms with Gasteiger partial charge in [-0.05, 0) is 35.7 Å². The van der Waals surface area contributed by atoms with Crippen molar-refractivity contribution in [2.24, 2.45) is 0 Å². The van der Waals surface area contributed by atoms with Gasteiger partial charge in [0.2, 0.25) is 0 Å². The topological polar surface area (TPSA) is 18.5 Å². The summed E-state index contributed by atoms with van der Waals surface area (Å²) < 4.78 is 10.5. The van der Waals surface area contributed by atoms with Gasteiger partial charge in [-0.1, -0.05) is 51.8 Å². The maximum absolute atomic E-state index is 6.16. The van der Waals surface area contributed by atoms with E-state index in [2.05, 4.69) is 22.0 Å². The summed E-state index contributed by atoms with van der Waals surface area (Å²) >= 11 is 9.88. The largest absolute Gasteiger partial charge is 0.496 e. The van der Waals surface area contributed by atoms with Gasteiger partial charge in [-0.3, -0.25) is 0 Å². The fourth-order valence-corrected chi connectivity index (χ4v) is 2.96. The van der Waals surface area contributed by atoms with Crippen LogP contribution in [0.4, 0.5) is 0 Å². The molecule has 20 heavy (non-hydrogen) atoms. The minimum atomic E-state index is 0.169. The first-order valence-electron chi connectivity index (χ1n) is 6.25. The van der Waals surface area contributed by atoms with Crippen LogP contribution in [0, 0.1) is 0 Å². The summed E-state index contributed by atoms with van der Waals surface area (Å²) in [6, 6.07) is 13.8. The van der Waals surface area contributed by atoms with Crippen LogP contribution in [0.1, 0.15) is 16.0 Å². The van der Waals surface area contributed by atoms with Crippen LogP contribution in [-0.4, -0.2) is 14.2 Å². The number of para-hydroxylation sites is 1. The van der Waals surface area contributed by atoms with Crippen molar-refractivity contribution in [2.75, 3.05) is 14.2 Å². The van der Waals surface area contributed by atoms with Gasteiger partial charge in [0.15, 0.2) is 0 Å². The van der Waals surface area contributed by atoms with E-state index in [9.17, 15) is 0 Å². The predicted molar refractivity (Wildman–Crippen MR) is 86.4 cm³/mol. The van der Waals surface area contributed by atoms with E-state index < -0.39 is 0 Å². The summed E-state index contributed by atoms with van der Waals surface area (Å²) in [6.45, 7) is 0. The number of rotatable bonds is 5. The van der Waals surface area contributed by atoms with Crippen molar-refractivity contribution in [3.63, 3.8) is 0 Å². The minimum Gasteiger partial charge on any atom is -0.496 e. The monoisotopic (exact) mass is 354 g/mol. The average Bonchev–Trinajstić information content (AvgIpc) is 2.47. The average molecular weight is 356 g/mol. The predicted octanol–water partition coefficient (Wildman–Crippen LogP) is 5.04. The number of hydrogen-bond donors (Lipinski definition) is 0. The number of alkyl halides is 1. The Morgan fingerprint density at radius 1 is 1.05 bits per heavy atom. The standard InChI is InChI=1S/C16H16BrClO2/c1-19-15-6-4-3-5-12(15)9-13(17)11-7-8-16(20-2)14(18)10-11/h3-8,10,13H,9H2,1-2H3. The highest BCUT2D eigenvalue weighted by Gasteiger charge is 2.13. The molecule has 0 fully saturated rings. The van der Waals surface area contributed by atoms with E-state index >= 15 is 0 Å². The van der Waals surface area contributed by atoms with Gasteiger partial charge in [0.25, 0.3) is 0 Å². The molecule has 2 aromatic carbocycles. The molecular weight excluding hydrogens is 340 g/mol. The highest BCUT2D eigenvalue weighted by Crippen LogP contribution is 2.34. The van der Waals surface area contributed by atoms with Crippen molar-refractivity contribution >= 4 is 27.5 Å². The number of hydrogen-bond acceptors (Lipinski definition) is 2. The van der Waals surface area contributed by atoms with Crippen LogP contribution < -0.4 is 9.47 Å². The Morgan fingerprint density at radius 2 is 1.75 bits per heavy atom. The van der Waals surface area contributed by atoms with Gasteiger partial charge < -0.3 is 9.47 Å². The van der Waals surface area contributed by atoms with Crippen molar-refractivity contribution in [3.05, 3.63) is 58.6 Å². The summed E-state index contributed by atoms with van der Waals surface area (Å²) in [5, 5.41) is 0.620. The Balaban J connectivity index is 2.19. The molecular formula is C16H16BrClO2. The van der Waals surface area contributed by atoms with Gasteiger partial charge >= 0.3 is 0 Å². The van der Waals surface area contributed by atoms with Crippen LogP contribution in [0.3, 0.4) is 0 Å². The molecule has 0 saturated carbocycles. The normalized spacial score (nSPS) is 12.0. The first kappa shape index (κ1) is 15.2. The smallest absolute Gasteiger partial charge is 0.137 e. The molecule has 2 rings (SSSR count). The molecule has 0 radical (unpaired) electrons. The van der Waals surface area contributed by atoms with Gasteiger partial charge in [-0.2, -0.15) is 0 Å². The van der Waals surface area contributed by atoms with Gasteiger partial charge in [-0.25, -0.2) is 0 Å². The van der Waals surface area contributed by atoms with Gasteiger partial charge in [0.1, 0.15) is 11.5 Å². The maximum atomic E-state index is 6.16. The second kappa shape index (κ2) is 7.00. The van der Waals surface area contributed by atoms with Crippen LogP contribution in [0.5, 0.6) is 11.5 Å². The van der Waals surface area contributed by atoms with E-state index in [1.807, 2.05) is 36.4 Å². The van der Waals surface area contributed by atoms with Crippen LogP contribution >= 0.6 is 27.5 Å². The van der Waals surface area contributed by atoms with E-state index in [1.54, 1.807) is 14.2 Å². The molecule has 0 aliphatic heterocycles. The third-order valence-corrected chi connectivity index (χ3v) is 4.28. The van der Waals surface area contributed by atoms with Gasteiger partial charge in [0.05, 0.1) is 19.2 Å². The molecule has 2 nitrogen and oxygen atoms in total. The van der Waals surface area contributed by atoms with E-state index in [1.165, 1.54) is 0 Å². The molecule has 0 spiro atoms. The van der Waals surface area contributed by atoms with Gasteiger partial charge in [0, 0.05) is 4.83 Å². The first-order chi connectivity index (χ1) is 9.65. The number of methoxy groups -OCH3 is 2. The van der Waals surface area contributed by atoms with E-state index in [4.69, 9.17) is 21.1 Å². The molecule has 2 aromatic rings. The molecule has 0 aliphatic carbocycles. The molecule has 4 heteroatoms. The highest BCUT2D eigenvalue weighted by molar-refractivity contribution is 9.09. The van der Waals surface area contributed by atoms with Crippen LogP contribution in [0.15, 0.2) is 42.5 Å². The zero-order valence-corrected chi connectivity index (χ0v) is 13.7. The maximum Gasteiger partial charge on any atom is 0.137 e. The van der Waals surface area contributed by atoms with Crippen molar-refractivity contribution in [1.29, 1.82) is 0 Å². The Kier molecular flexibility index (Phi) is 5.32. The molecule has 1 unspecified atom stereocenters. The molecule has 0 bridgehead atoms. The highest BCUT2D eigenvalue weighted by atomic mass is 79.9. The first-order valence-corrected chi connectivity index (χ1v) is 7.54. The molecule has 0 N–H and O–H groups in total. The SMILES string of the molecule is COc1ccc(C(Br)Cc2ccccc2OC)cc1Cl. The lowest BCUT2D eigenvalue weighted by Crippen LogP contribution is -1.98. The zero-order chi connectivity index (χ0) is 14.5. The van der Waals surface area contributed by atoms with Crippen molar-refractivity contribution in [1.82, 2.24) is 0 Å². The molecule has 1 atom stereocenters. The fourth-order valence-electron chi connectivity index (χ4n) is 2.06.